The molecule has 2 atom stereocenters. The molecule has 2 saturated heterocycles. The Morgan fingerprint density at radius 2 is 2.05 bits per heavy atom. The number of benzene rings is 1. The smallest absolute Gasteiger partial charge is 0.124 e. The van der Waals surface area contributed by atoms with E-state index in [1.165, 1.54) is 0 Å². The number of fused-ring (bicyclic) bond motifs is 2. The highest BCUT2D eigenvalue weighted by atomic mass is 19.1. The summed E-state index contributed by atoms with van der Waals surface area (Å²) in [6, 6.07) is 6.99. The fourth-order valence-electron chi connectivity index (χ4n) is 3.67. The van der Waals surface area contributed by atoms with E-state index in [1.807, 2.05) is 12.1 Å². The van der Waals surface area contributed by atoms with Crippen LogP contribution in [-0.2, 0) is 6.54 Å². The molecule has 0 unspecified atom stereocenters. The Labute approximate surface area is 117 Å². The summed E-state index contributed by atoms with van der Waals surface area (Å²) in [5.41, 5.74) is 1.94. The molecule has 20 heavy (non-hydrogen) atoms. The first-order valence-corrected chi connectivity index (χ1v) is 7.26. The van der Waals surface area contributed by atoms with Gasteiger partial charge in [0.05, 0.1) is 5.52 Å². The van der Waals surface area contributed by atoms with Crippen LogP contribution in [0.3, 0.4) is 0 Å². The minimum atomic E-state index is -0.165. The van der Waals surface area contributed by atoms with E-state index < -0.39 is 0 Å². The fourth-order valence-corrected chi connectivity index (χ4v) is 3.67. The van der Waals surface area contributed by atoms with Crippen LogP contribution in [0.15, 0.2) is 30.5 Å². The van der Waals surface area contributed by atoms with Crippen molar-refractivity contribution in [2.45, 2.75) is 6.54 Å². The molecule has 2 aliphatic heterocycles. The first kappa shape index (κ1) is 12.2. The van der Waals surface area contributed by atoms with Crippen LogP contribution in [-0.4, -0.2) is 36.1 Å². The molecule has 0 spiro atoms. The van der Waals surface area contributed by atoms with E-state index in [9.17, 15) is 4.39 Å². The van der Waals surface area contributed by atoms with Crippen LogP contribution in [0.25, 0.3) is 10.9 Å². The van der Waals surface area contributed by atoms with Crippen molar-refractivity contribution in [3.05, 3.63) is 41.8 Å². The van der Waals surface area contributed by atoms with E-state index in [4.69, 9.17) is 0 Å². The van der Waals surface area contributed by atoms with Crippen LogP contribution >= 0.6 is 0 Å². The predicted octanol–water partition coefficient (Wildman–Crippen LogP) is 2.03. The first-order chi connectivity index (χ1) is 9.79. The largest absolute Gasteiger partial charge is 0.316 e. The number of likely N-dealkylation sites (tertiary alicyclic amines) is 1. The molecule has 0 aliphatic carbocycles. The minimum Gasteiger partial charge on any atom is -0.316 e. The molecule has 2 fully saturated rings. The van der Waals surface area contributed by atoms with Crippen molar-refractivity contribution in [1.82, 2.24) is 15.2 Å². The van der Waals surface area contributed by atoms with Crippen LogP contribution in [0.4, 0.5) is 4.39 Å². The number of nitrogens with one attached hydrogen (secondary N) is 1. The van der Waals surface area contributed by atoms with Gasteiger partial charge in [0.1, 0.15) is 5.82 Å². The molecule has 3 heterocycles. The summed E-state index contributed by atoms with van der Waals surface area (Å²) in [7, 11) is 0. The summed E-state index contributed by atoms with van der Waals surface area (Å²) in [4.78, 5) is 6.87. The Balaban J connectivity index is 1.62. The summed E-state index contributed by atoms with van der Waals surface area (Å²) < 4.78 is 13.7. The van der Waals surface area contributed by atoms with E-state index in [2.05, 4.69) is 15.2 Å². The number of halogens is 1. The van der Waals surface area contributed by atoms with Crippen molar-refractivity contribution in [2.75, 3.05) is 26.2 Å². The standard InChI is InChI=1S/C16H18FN3/c17-15-4-11-2-1-3-19-16(11)12(5-15)8-20-9-13-6-18-7-14(13)10-20/h1-5,13-14,18H,6-10H2/t13-,14+. The van der Waals surface area contributed by atoms with Crippen LogP contribution < -0.4 is 5.32 Å². The van der Waals surface area contributed by atoms with Crippen molar-refractivity contribution in [2.24, 2.45) is 11.8 Å². The van der Waals surface area contributed by atoms with Gasteiger partial charge in [-0.05, 0) is 48.7 Å². The average Bonchev–Trinajstić information content (AvgIpc) is 2.99. The summed E-state index contributed by atoms with van der Waals surface area (Å²) in [5.74, 6) is 1.37. The zero-order valence-corrected chi connectivity index (χ0v) is 11.3. The molecule has 1 aromatic heterocycles. The molecule has 0 amide bonds. The molecule has 0 bridgehead atoms. The highest BCUT2D eigenvalue weighted by molar-refractivity contribution is 5.81. The van der Waals surface area contributed by atoms with Crippen LogP contribution in [0.5, 0.6) is 0 Å². The van der Waals surface area contributed by atoms with Gasteiger partial charge in [-0.3, -0.25) is 9.88 Å². The first-order valence-electron chi connectivity index (χ1n) is 7.26. The highest BCUT2D eigenvalue weighted by Crippen LogP contribution is 2.28. The second-order valence-corrected chi connectivity index (χ2v) is 6.01. The average molecular weight is 271 g/mol. The summed E-state index contributed by atoms with van der Waals surface area (Å²) >= 11 is 0. The van der Waals surface area contributed by atoms with Gasteiger partial charge in [-0.15, -0.1) is 0 Å². The van der Waals surface area contributed by atoms with Gasteiger partial charge in [-0.25, -0.2) is 4.39 Å². The lowest BCUT2D eigenvalue weighted by atomic mass is 10.0. The van der Waals surface area contributed by atoms with Gasteiger partial charge in [0.2, 0.25) is 0 Å². The van der Waals surface area contributed by atoms with Gasteiger partial charge in [-0.1, -0.05) is 6.07 Å². The minimum absolute atomic E-state index is 0.165. The van der Waals surface area contributed by atoms with E-state index in [-0.39, 0.29) is 5.82 Å². The van der Waals surface area contributed by atoms with Gasteiger partial charge >= 0.3 is 0 Å². The number of nitrogens with zero attached hydrogens (tertiary/aromatic N) is 2. The summed E-state index contributed by atoms with van der Waals surface area (Å²) in [5, 5.41) is 4.34. The van der Waals surface area contributed by atoms with E-state index in [0.29, 0.717) is 0 Å². The Hall–Kier alpha value is -1.52. The second-order valence-electron chi connectivity index (χ2n) is 6.01. The Bertz CT molecular complexity index is 631. The molecule has 2 aromatic rings. The van der Waals surface area contributed by atoms with Gasteiger partial charge in [0, 0.05) is 31.2 Å². The highest BCUT2D eigenvalue weighted by Gasteiger charge is 2.35. The Morgan fingerprint density at radius 3 is 2.85 bits per heavy atom. The number of pyridine rings is 1. The van der Waals surface area contributed by atoms with E-state index >= 15 is 0 Å². The number of hydrogen-bond donors (Lipinski definition) is 1. The molecule has 1 N–H and O–H groups in total. The van der Waals surface area contributed by atoms with Gasteiger partial charge in [0.25, 0.3) is 0 Å². The quantitative estimate of drug-likeness (QED) is 0.906. The van der Waals surface area contributed by atoms with Crippen molar-refractivity contribution >= 4 is 10.9 Å². The maximum atomic E-state index is 13.7. The van der Waals surface area contributed by atoms with Crippen LogP contribution in [0, 0.1) is 17.7 Å². The number of aromatic nitrogens is 1. The molecular formula is C16H18FN3. The van der Waals surface area contributed by atoms with Crippen molar-refractivity contribution < 1.29 is 4.39 Å². The SMILES string of the molecule is Fc1cc(CN2C[C@H]3CNC[C@H]3C2)c2ncccc2c1. The zero-order valence-electron chi connectivity index (χ0n) is 11.3. The molecule has 1 aromatic carbocycles. The lowest BCUT2D eigenvalue weighted by Crippen LogP contribution is -2.25. The summed E-state index contributed by atoms with van der Waals surface area (Å²) in [6.45, 7) is 5.29. The third kappa shape index (κ3) is 2.09. The van der Waals surface area contributed by atoms with Crippen molar-refractivity contribution in [3.8, 4) is 0 Å². The normalized spacial score (nSPS) is 26.2. The third-order valence-corrected chi connectivity index (χ3v) is 4.61. The summed E-state index contributed by atoms with van der Waals surface area (Å²) in [6.07, 6.45) is 1.78. The number of rotatable bonds is 2. The molecular weight excluding hydrogens is 253 g/mol. The fraction of sp³-hybridized carbons (Fsp3) is 0.438. The molecule has 0 saturated carbocycles. The molecule has 0 radical (unpaired) electrons. The van der Waals surface area contributed by atoms with Gasteiger partial charge in [-0.2, -0.15) is 0 Å². The molecule has 2 aliphatic rings. The predicted molar refractivity (Wildman–Crippen MR) is 76.8 cm³/mol. The Morgan fingerprint density at radius 1 is 1.25 bits per heavy atom. The van der Waals surface area contributed by atoms with Crippen LogP contribution in [0.1, 0.15) is 5.56 Å². The molecule has 4 rings (SSSR count). The van der Waals surface area contributed by atoms with Crippen molar-refractivity contribution in [3.63, 3.8) is 0 Å². The molecule has 104 valence electrons. The second kappa shape index (κ2) is 4.79. The maximum Gasteiger partial charge on any atom is 0.124 e. The lowest BCUT2D eigenvalue weighted by molar-refractivity contribution is 0.306. The van der Waals surface area contributed by atoms with Crippen molar-refractivity contribution in [1.29, 1.82) is 0 Å². The zero-order chi connectivity index (χ0) is 13.5. The number of hydrogen-bond acceptors (Lipinski definition) is 3. The van der Waals surface area contributed by atoms with Gasteiger partial charge < -0.3 is 5.32 Å². The Kier molecular flexibility index (Phi) is 2.93. The lowest BCUT2D eigenvalue weighted by Gasteiger charge is -2.18. The van der Waals surface area contributed by atoms with E-state index in [1.54, 1.807) is 18.3 Å². The van der Waals surface area contributed by atoms with E-state index in [0.717, 1.165) is 61.0 Å². The van der Waals surface area contributed by atoms with Crippen LogP contribution in [0.2, 0.25) is 0 Å². The monoisotopic (exact) mass is 271 g/mol. The van der Waals surface area contributed by atoms with Gasteiger partial charge in [0.15, 0.2) is 0 Å². The topological polar surface area (TPSA) is 28.2 Å². The molecule has 3 nitrogen and oxygen atoms in total. The maximum absolute atomic E-state index is 13.7. The molecule has 4 heteroatoms. The third-order valence-electron chi connectivity index (χ3n) is 4.61.